The van der Waals surface area contributed by atoms with Crippen LogP contribution in [0.5, 0.6) is 0 Å². The average molecular weight is 324 g/mol. The van der Waals surface area contributed by atoms with Crippen LogP contribution >= 0.6 is 0 Å². The van der Waals surface area contributed by atoms with Gasteiger partial charge in [0.15, 0.2) is 0 Å². The molecule has 24 heavy (non-hydrogen) atoms. The van der Waals surface area contributed by atoms with Crippen molar-refractivity contribution in [3.05, 3.63) is 29.3 Å². The number of anilines is 1. The lowest BCUT2D eigenvalue weighted by Gasteiger charge is -2.57. The van der Waals surface area contributed by atoms with Crippen LogP contribution in [0.3, 0.4) is 0 Å². The predicted octanol–water partition coefficient (Wildman–Crippen LogP) is 3.76. The molecule has 0 aromatic heterocycles. The van der Waals surface area contributed by atoms with E-state index in [1.165, 1.54) is 49.7 Å². The molecule has 4 bridgehead atoms. The van der Waals surface area contributed by atoms with Crippen molar-refractivity contribution in [2.45, 2.75) is 57.9 Å². The number of rotatable bonds is 2. The minimum atomic E-state index is 0.354. The lowest BCUT2D eigenvalue weighted by atomic mass is 9.49. The third-order valence-electron chi connectivity index (χ3n) is 7.29. The first kappa shape index (κ1) is 14.8. The van der Waals surface area contributed by atoms with Crippen molar-refractivity contribution in [3.8, 4) is 0 Å². The quantitative estimate of drug-likeness (QED) is 0.842. The third kappa shape index (κ3) is 2.44. The van der Waals surface area contributed by atoms with Crippen molar-refractivity contribution in [1.82, 2.24) is 4.90 Å². The Hall–Kier alpha value is -1.51. The first-order chi connectivity index (χ1) is 11.6. The number of fused-ring (bicyclic) bond motifs is 1. The van der Waals surface area contributed by atoms with Gasteiger partial charge >= 0.3 is 0 Å². The number of amides is 1. The van der Waals surface area contributed by atoms with E-state index in [1.807, 2.05) is 6.07 Å². The Balaban J connectivity index is 1.30. The van der Waals surface area contributed by atoms with Crippen LogP contribution in [0, 0.1) is 23.2 Å². The lowest BCUT2D eigenvalue weighted by molar-refractivity contribution is -0.140. The van der Waals surface area contributed by atoms with Gasteiger partial charge in [-0.2, -0.15) is 0 Å². The van der Waals surface area contributed by atoms with E-state index in [1.54, 1.807) is 0 Å². The third-order valence-corrected chi connectivity index (χ3v) is 7.29. The molecule has 1 amide bonds. The molecule has 1 aromatic rings. The van der Waals surface area contributed by atoms with Crippen LogP contribution in [0.25, 0.3) is 0 Å². The summed E-state index contributed by atoms with van der Waals surface area (Å²) in [7, 11) is 0. The fourth-order valence-corrected chi connectivity index (χ4v) is 6.72. The van der Waals surface area contributed by atoms with E-state index >= 15 is 0 Å². The molecule has 3 nitrogen and oxygen atoms in total. The molecule has 6 rings (SSSR count). The normalized spacial score (nSPS) is 36.7. The first-order valence-corrected chi connectivity index (χ1v) is 9.74. The van der Waals surface area contributed by atoms with Gasteiger partial charge in [-0.15, -0.1) is 0 Å². The van der Waals surface area contributed by atoms with Gasteiger partial charge in [0.1, 0.15) is 0 Å². The number of hydrogen-bond donors (Lipinski definition) is 1. The maximum atomic E-state index is 13.1. The molecule has 0 spiro atoms. The highest BCUT2D eigenvalue weighted by molar-refractivity contribution is 5.77. The van der Waals surface area contributed by atoms with Crippen molar-refractivity contribution >= 4 is 11.6 Å². The number of benzene rings is 1. The molecular formula is C21H28N2O. The van der Waals surface area contributed by atoms with Gasteiger partial charge in [-0.1, -0.05) is 6.07 Å². The molecule has 128 valence electrons. The van der Waals surface area contributed by atoms with E-state index in [0.29, 0.717) is 11.3 Å². The summed E-state index contributed by atoms with van der Waals surface area (Å²) in [5, 5.41) is 0. The molecule has 0 saturated heterocycles. The molecular weight excluding hydrogens is 296 g/mol. The maximum Gasteiger partial charge on any atom is 0.223 e. The van der Waals surface area contributed by atoms with Gasteiger partial charge in [0.05, 0.1) is 0 Å². The Kier molecular flexibility index (Phi) is 3.23. The Morgan fingerprint density at radius 1 is 1.08 bits per heavy atom. The molecule has 1 aliphatic heterocycles. The van der Waals surface area contributed by atoms with E-state index in [-0.39, 0.29) is 0 Å². The summed E-state index contributed by atoms with van der Waals surface area (Å²) in [5.74, 6) is 3.18. The molecule has 2 N–H and O–H groups in total. The number of nitrogens with two attached hydrogens (primary N) is 1. The minimum absolute atomic E-state index is 0.354. The van der Waals surface area contributed by atoms with Gasteiger partial charge in [-0.05, 0) is 91.4 Å². The summed E-state index contributed by atoms with van der Waals surface area (Å²) < 4.78 is 0. The van der Waals surface area contributed by atoms with E-state index in [9.17, 15) is 4.79 Å². The van der Waals surface area contributed by atoms with Crippen LogP contribution < -0.4 is 5.73 Å². The van der Waals surface area contributed by atoms with Crippen molar-refractivity contribution in [2.24, 2.45) is 23.2 Å². The number of nitrogen functional groups attached to an aromatic ring is 1. The van der Waals surface area contributed by atoms with Crippen LogP contribution in [0.15, 0.2) is 18.2 Å². The summed E-state index contributed by atoms with van der Waals surface area (Å²) in [6.45, 7) is 1.64. The van der Waals surface area contributed by atoms with Crippen molar-refractivity contribution in [3.63, 3.8) is 0 Å². The van der Waals surface area contributed by atoms with Gasteiger partial charge in [0.25, 0.3) is 0 Å². The zero-order valence-corrected chi connectivity index (χ0v) is 14.5. The fraction of sp³-hybridized carbons (Fsp3) is 0.667. The summed E-state index contributed by atoms with van der Waals surface area (Å²) in [5.41, 5.74) is 9.70. The second-order valence-corrected chi connectivity index (χ2v) is 9.19. The SMILES string of the molecule is Nc1ccc2c(c1)CCN(C(=O)CC13CC4CC(CC(C4)C1)C3)C2. The zero-order valence-electron chi connectivity index (χ0n) is 14.5. The predicted molar refractivity (Wildman–Crippen MR) is 95.2 cm³/mol. The van der Waals surface area contributed by atoms with E-state index in [2.05, 4.69) is 17.0 Å². The van der Waals surface area contributed by atoms with Crippen molar-refractivity contribution in [2.75, 3.05) is 12.3 Å². The highest BCUT2D eigenvalue weighted by Crippen LogP contribution is 2.61. The average Bonchev–Trinajstić information content (AvgIpc) is 2.52. The first-order valence-electron chi connectivity index (χ1n) is 9.74. The van der Waals surface area contributed by atoms with Gasteiger partial charge in [-0.25, -0.2) is 0 Å². The van der Waals surface area contributed by atoms with Crippen molar-refractivity contribution in [1.29, 1.82) is 0 Å². The number of hydrogen-bond acceptors (Lipinski definition) is 2. The smallest absolute Gasteiger partial charge is 0.223 e. The van der Waals surface area contributed by atoms with Crippen molar-refractivity contribution < 1.29 is 4.79 Å². The molecule has 0 radical (unpaired) electrons. The molecule has 0 unspecified atom stereocenters. The second-order valence-electron chi connectivity index (χ2n) is 9.19. The van der Waals surface area contributed by atoms with E-state index < -0.39 is 0 Å². The fourth-order valence-electron chi connectivity index (χ4n) is 6.72. The second kappa shape index (κ2) is 5.24. The highest BCUT2D eigenvalue weighted by Gasteiger charge is 2.51. The lowest BCUT2D eigenvalue weighted by Crippen LogP contribution is -2.48. The molecule has 4 saturated carbocycles. The van der Waals surface area contributed by atoms with Crippen LogP contribution in [-0.2, 0) is 17.8 Å². The van der Waals surface area contributed by atoms with Crippen LogP contribution in [0.4, 0.5) is 5.69 Å². The van der Waals surface area contributed by atoms with Gasteiger partial charge in [0, 0.05) is 25.2 Å². The number of nitrogens with zero attached hydrogens (tertiary/aromatic N) is 1. The monoisotopic (exact) mass is 324 g/mol. The Morgan fingerprint density at radius 2 is 1.75 bits per heavy atom. The topological polar surface area (TPSA) is 46.3 Å². The zero-order chi connectivity index (χ0) is 16.3. The van der Waals surface area contributed by atoms with E-state index in [4.69, 9.17) is 5.73 Å². The Labute approximate surface area is 144 Å². The maximum absolute atomic E-state index is 13.1. The summed E-state index contributed by atoms with van der Waals surface area (Å²) in [4.78, 5) is 15.2. The van der Waals surface area contributed by atoms with Gasteiger partial charge in [0.2, 0.25) is 5.91 Å². The molecule has 4 aliphatic carbocycles. The standard InChI is InChI=1S/C21H28N2O/c22-19-2-1-18-13-23(4-3-17(18)8-19)20(24)12-21-9-14-5-15(10-21)7-16(6-14)11-21/h1-2,8,14-16H,3-7,9-13,22H2. The molecule has 3 heteroatoms. The van der Waals surface area contributed by atoms with Gasteiger partial charge < -0.3 is 10.6 Å². The Morgan fingerprint density at radius 3 is 2.42 bits per heavy atom. The summed E-state index contributed by atoms with van der Waals surface area (Å²) >= 11 is 0. The summed E-state index contributed by atoms with van der Waals surface area (Å²) in [6.07, 6.45) is 10.1. The number of carbonyl (C=O) groups excluding carboxylic acids is 1. The molecule has 4 fully saturated rings. The van der Waals surface area contributed by atoms with Crippen LogP contribution in [0.2, 0.25) is 0 Å². The molecule has 5 aliphatic rings. The highest BCUT2D eigenvalue weighted by atomic mass is 16.2. The molecule has 1 aromatic carbocycles. The largest absolute Gasteiger partial charge is 0.399 e. The van der Waals surface area contributed by atoms with Gasteiger partial charge in [-0.3, -0.25) is 4.79 Å². The Bertz CT molecular complexity index is 645. The molecule has 0 atom stereocenters. The van der Waals surface area contributed by atoms with Crippen LogP contribution in [-0.4, -0.2) is 17.4 Å². The number of carbonyl (C=O) groups is 1. The molecule has 1 heterocycles. The summed E-state index contributed by atoms with van der Waals surface area (Å²) in [6, 6.07) is 6.15. The van der Waals surface area contributed by atoms with Crippen LogP contribution in [0.1, 0.15) is 56.1 Å². The minimum Gasteiger partial charge on any atom is -0.399 e. The van der Waals surface area contributed by atoms with E-state index in [0.717, 1.165) is 49.4 Å².